The van der Waals surface area contributed by atoms with Gasteiger partial charge in [-0.05, 0) is 37.0 Å². The number of carbonyl (C=O) groups excluding carboxylic acids is 1. The first kappa shape index (κ1) is 12.8. The van der Waals surface area contributed by atoms with Crippen molar-refractivity contribution in [1.29, 1.82) is 0 Å². The third-order valence-corrected chi connectivity index (χ3v) is 2.83. The van der Waals surface area contributed by atoms with E-state index in [0.717, 1.165) is 12.0 Å². The quantitative estimate of drug-likeness (QED) is 0.826. The second-order valence-electron chi connectivity index (χ2n) is 4.56. The molecule has 1 aromatic rings. The third-order valence-electron chi connectivity index (χ3n) is 2.83. The fraction of sp³-hybridized carbons (Fsp3) is 0.500. The zero-order valence-electron chi connectivity index (χ0n) is 10.6. The summed E-state index contributed by atoms with van der Waals surface area (Å²) in [6, 6.07) is 8.07. The van der Waals surface area contributed by atoms with Crippen molar-refractivity contribution in [3.05, 3.63) is 35.4 Å². The normalized spacial score (nSPS) is 12.6. The third kappa shape index (κ3) is 3.37. The van der Waals surface area contributed by atoms with Crippen LogP contribution in [0.1, 0.15) is 56.0 Å². The van der Waals surface area contributed by atoms with Gasteiger partial charge in [0.1, 0.15) is 0 Å². The minimum absolute atomic E-state index is 0.0182. The van der Waals surface area contributed by atoms with Crippen molar-refractivity contribution >= 4 is 5.91 Å². The Kier molecular flexibility index (Phi) is 4.53. The summed E-state index contributed by atoms with van der Waals surface area (Å²) in [5, 5.41) is 2.96. The van der Waals surface area contributed by atoms with Crippen molar-refractivity contribution in [2.24, 2.45) is 0 Å². The van der Waals surface area contributed by atoms with Gasteiger partial charge in [-0.25, -0.2) is 0 Å². The molecule has 1 rings (SSSR count). The lowest BCUT2D eigenvalue weighted by molar-refractivity contribution is 0.0939. The van der Waals surface area contributed by atoms with Crippen LogP contribution in [0.4, 0.5) is 0 Å². The maximum atomic E-state index is 11.8. The highest BCUT2D eigenvalue weighted by Gasteiger charge is 2.08. The molecule has 0 saturated carbocycles. The summed E-state index contributed by atoms with van der Waals surface area (Å²) in [5.41, 5.74) is 2.00. The number of amides is 1. The molecule has 0 saturated heterocycles. The van der Waals surface area contributed by atoms with Gasteiger partial charge in [-0.3, -0.25) is 4.79 Å². The minimum atomic E-state index is 0.0182. The lowest BCUT2D eigenvalue weighted by Crippen LogP contribution is -2.31. The number of rotatable bonds is 4. The summed E-state index contributed by atoms with van der Waals surface area (Å²) in [4.78, 5) is 11.8. The Hall–Kier alpha value is -1.31. The van der Waals surface area contributed by atoms with Gasteiger partial charge in [0.15, 0.2) is 0 Å². The molecular formula is C14H21NO. The Morgan fingerprint density at radius 1 is 1.19 bits per heavy atom. The Morgan fingerprint density at radius 2 is 1.75 bits per heavy atom. The maximum absolute atomic E-state index is 11.8. The molecule has 0 fully saturated rings. The second kappa shape index (κ2) is 5.69. The van der Waals surface area contributed by atoms with Crippen molar-refractivity contribution < 1.29 is 4.79 Å². The summed E-state index contributed by atoms with van der Waals surface area (Å²) in [6.45, 7) is 8.37. The molecule has 2 nitrogen and oxygen atoms in total. The molecule has 88 valence electrons. The van der Waals surface area contributed by atoms with E-state index in [4.69, 9.17) is 0 Å². The van der Waals surface area contributed by atoms with Gasteiger partial charge in [0.05, 0.1) is 0 Å². The first-order valence-electron chi connectivity index (χ1n) is 5.95. The molecule has 0 aliphatic heterocycles. The molecule has 0 bridgehead atoms. The van der Waals surface area contributed by atoms with Crippen LogP contribution in [-0.2, 0) is 0 Å². The Labute approximate surface area is 98.1 Å². The molecule has 0 spiro atoms. The van der Waals surface area contributed by atoms with Crippen molar-refractivity contribution in [2.75, 3.05) is 0 Å². The highest BCUT2D eigenvalue weighted by atomic mass is 16.1. The zero-order chi connectivity index (χ0) is 12.1. The van der Waals surface area contributed by atoms with Gasteiger partial charge < -0.3 is 5.32 Å². The molecule has 16 heavy (non-hydrogen) atoms. The topological polar surface area (TPSA) is 29.1 Å². The molecule has 1 aromatic carbocycles. The Balaban J connectivity index is 2.70. The standard InChI is InChI=1S/C14H21NO/c1-5-11(4)15-14(16)13-8-6-12(7-9-13)10(2)3/h6-11H,5H2,1-4H3,(H,15,16)/t11-/m1/s1. The summed E-state index contributed by atoms with van der Waals surface area (Å²) in [6.07, 6.45) is 0.954. The van der Waals surface area contributed by atoms with E-state index in [0.29, 0.717) is 5.92 Å². The highest BCUT2D eigenvalue weighted by Crippen LogP contribution is 2.14. The fourth-order valence-corrected chi connectivity index (χ4v) is 1.43. The van der Waals surface area contributed by atoms with Crippen LogP contribution in [0.3, 0.4) is 0 Å². The molecule has 0 heterocycles. The van der Waals surface area contributed by atoms with Crippen molar-refractivity contribution in [3.63, 3.8) is 0 Å². The van der Waals surface area contributed by atoms with Gasteiger partial charge in [-0.15, -0.1) is 0 Å². The Bertz CT molecular complexity index is 340. The predicted octanol–water partition coefficient (Wildman–Crippen LogP) is 3.34. The molecule has 1 atom stereocenters. The monoisotopic (exact) mass is 219 g/mol. The van der Waals surface area contributed by atoms with Crippen LogP contribution in [0.5, 0.6) is 0 Å². The lowest BCUT2D eigenvalue weighted by atomic mass is 10.0. The number of carbonyl (C=O) groups is 1. The molecule has 0 radical (unpaired) electrons. The van der Waals surface area contributed by atoms with E-state index in [9.17, 15) is 4.79 Å². The van der Waals surface area contributed by atoms with Gasteiger partial charge in [0.25, 0.3) is 5.91 Å². The molecule has 0 aromatic heterocycles. The lowest BCUT2D eigenvalue weighted by Gasteiger charge is -2.12. The SMILES string of the molecule is CC[C@@H](C)NC(=O)c1ccc(C(C)C)cc1. The van der Waals surface area contributed by atoms with Crippen molar-refractivity contribution in [2.45, 2.75) is 46.1 Å². The molecule has 2 heteroatoms. The molecule has 0 unspecified atom stereocenters. The van der Waals surface area contributed by atoms with Crippen LogP contribution in [0.15, 0.2) is 24.3 Å². The predicted molar refractivity (Wildman–Crippen MR) is 67.8 cm³/mol. The maximum Gasteiger partial charge on any atom is 0.251 e. The summed E-state index contributed by atoms with van der Waals surface area (Å²) < 4.78 is 0. The molecular weight excluding hydrogens is 198 g/mol. The van der Waals surface area contributed by atoms with Crippen LogP contribution >= 0.6 is 0 Å². The van der Waals surface area contributed by atoms with E-state index < -0.39 is 0 Å². The van der Waals surface area contributed by atoms with Crippen LogP contribution in [0.2, 0.25) is 0 Å². The Morgan fingerprint density at radius 3 is 2.19 bits per heavy atom. The molecule has 1 N–H and O–H groups in total. The van der Waals surface area contributed by atoms with E-state index in [1.54, 1.807) is 0 Å². The average Bonchev–Trinajstić information content (AvgIpc) is 2.28. The van der Waals surface area contributed by atoms with Crippen LogP contribution < -0.4 is 5.32 Å². The summed E-state index contributed by atoms with van der Waals surface area (Å²) >= 11 is 0. The summed E-state index contributed by atoms with van der Waals surface area (Å²) in [5.74, 6) is 0.524. The van der Waals surface area contributed by atoms with Gasteiger partial charge in [-0.2, -0.15) is 0 Å². The second-order valence-corrected chi connectivity index (χ2v) is 4.56. The van der Waals surface area contributed by atoms with Crippen LogP contribution in [-0.4, -0.2) is 11.9 Å². The van der Waals surface area contributed by atoms with E-state index in [1.807, 2.05) is 31.2 Å². The average molecular weight is 219 g/mol. The van der Waals surface area contributed by atoms with E-state index >= 15 is 0 Å². The van der Waals surface area contributed by atoms with Crippen molar-refractivity contribution in [3.8, 4) is 0 Å². The number of hydrogen-bond donors (Lipinski definition) is 1. The zero-order valence-corrected chi connectivity index (χ0v) is 10.6. The van der Waals surface area contributed by atoms with Crippen molar-refractivity contribution in [1.82, 2.24) is 5.32 Å². The number of nitrogens with one attached hydrogen (secondary N) is 1. The van der Waals surface area contributed by atoms with Crippen LogP contribution in [0, 0.1) is 0 Å². The fourth-order valence-electron chi connectivity index (χ4n) is 1.43. The first-order chi connectivity index (χ1) is 7.54. The first-order valence-corrected chi connectivity index (χ1v) is 5.95. The minimum Gasteiger partial charge on any atom is -0.350 e. The number of hydrogen-bond acceptors (Lipinski definition) is 1. The molecule has 1 amide bonds. The van der Waals surface area contributed by atoms with Gasteiger partial charge in [-0.1, -0.05) is 32.9 Å². The van der Waals surface area contributed by atoms with E-state index in [2.05, 4.69) is 26.1 Å². The summed E-state index contributed by atoms with van der Waals surface area (Å²) in [7, 11) is 0. The van der Waals surface area contributed by atoms with Gasteiger partial charge in [0.2, 0.25) is 0 Å². The molecule has 0 aliphatic carbocycles. The van der Waals surface area contributed by atoms with E-state index in [-0.39, 0.29) is 11.9 Å². The number of benzene rings is 1. The highest BCUT2D eigenvalue weighted by molar-refractivity contribution is 5.94. The van der Waals surface area contributed by atoms with Gasteiger partial charge >= 0.3 is 0 Å². The smallest absolute Gasteiger partial charge is 0.251 e. The largest absolute Gasteiger partial charge is 0.350 e. The van der Waals surface area contributed by atoms with Crippen LogP contribution in [0.25, 0.3) is 0 Å². The van der Waals surface area contributed by atoms with Gasteiger partial charge in [0, 0.05) is 11.6 Å². The van der Waals surface area contributed by atoms with E-state index in [1.165, 1.54) is 5.56 Å². The molecule has 0 aliphatic rings.